The summed E-state index contributed by atoms with van der Waals surface area (Å²) in [6.07, 6.45) is 3.28. The number of para-hydroxylation sites is 1. The van der Waals surface area contributed by atoms with Crippen LogP contribution in [-0.2, 0) is 0 Å². The molecular weight excluding hydrogens is 328 g/mol. The van der Waals surface area contributed by atoms with Crippen molar-refractivity contribution in [1.82, 2.24) is 14.8 Å². The van der Waals surface area contributed by atoms with E-state index in [4.69, 9.17) is 4.42 Å². The first-order valence-corrected chi connectivity index (χ1v) is 8.42. The molecule has 0 atom stereocenters. The van der Waals surface area contributed by atoms with Gasteiger partial charge in [0, 0.05) is 11.7 Å². The van der Waals surface area contributed by atoms with Crippen molar-refractivity contribution >= 4 is 22.6 Å². The number of benzene rings is 1. The number of furan rings is 1. The van der Waals surface area contributed by atoms with E-state index in [-0.39, 0.29) is 11.9 Å². The topological polar surface area (TPSA) is 73.0 Å². The number of carbonyl (C=O) groups is 1. The zero-order chi connectivity index (χ0) is 18.1. The number of anilines is 1. The van der Waals surface area contributed by atoms with Gasteiger partial charge in [-0.2, -0.15) is 5.10 Å². The summed E-state index contributed by atoms with van der Waals surface area (Å²) in [7, 11) is 0. The van der Waals surface area contributed by atoms with Gasteiger partial charge in [-0.15, -0.1) is 0 Å². The van der Waals surface area contributed by atoms with Gasteiger partial charge in [-0.25, -0.2) is 9.67 Å². The number of rotatable bonds is 4. The third-order valence-corrected chi connectivity index (χ3v) is 4.11. The van der Waals surface area contributed by atoms with Gasteiger partial charge >= 0.3 is 0 Å². The smallest absolute Gasteiger partial charge is 0.256 e. The first-order valence-electron chi connectivity index (χ1n) is 8.42. The maximum atomic E-state index is 12.9. The number of amides is 1. The third-order valence-electron chi connectivity index (χ3n) is 4.11. The molecule has 0 saturated carbocycles. The Hall–Kier alpha value is -3.41. The number of hydrogen-bond acceptors (Lipinski definition) is 4. The van der Waals surface area contributed by atoms with Crippen molar-refractivity contribution in [3.63, 3.8) is 0 Å². The van der Waals surface area contributed by atoms with E-state index >= 15 is 0 Å². The maximum Gasteiger partial charge on any atom is 0.256 e. The molecule has 1 amide bonds. The van der Waals surface area contributed by atoms with Crippen LogP contribution >= 0.6 is 0 Å². The van der Waals surface area contributed by atoms with Crippen LogP contribution in [-0.4, -0.2) is 20.7 Å². The third kappa shape index (κ3) is 2.86. The van der Waals surface area contributed by atoms with E-state index in [9.17, 15) is 4.79 Å². The number of hydrogen-bond donors (Lipinski definition) is 1. The van der Waals surface area contributed by atoms with Crippen LogP contribution in [0, 0.1) is 0 Å². The van der Waals surface area contributed by atoms with E-state index < -0.39 is 0 Å². The highest BCUT2D eigenvalue weighted by molar-refractivity contribution is 6.12. The number of aromatic nitrogens is 3. The van der Waals surface area contributed by atoms with Crippen LogP contribution in [0.2, 0.25) is 0 Å². The highest BCUT2D eigenvalue weighted by Gasteiger charge is 2.19. The van der Waals surface area contributed by atoms with Gasteiger partial charge in [0.25, 0.3) is 5.91 Å². The van der Waals surface area contributed by atoms with E-state index in [2.05, 4.69) is 15.4 Å². The number of fused-ring (bicyclic) bond motifs is 1. The minimum atomic E-state index is -0.209. The zero-order valence-electron chi connectivity index (χ0n) is 14.5. The Morgan fingerprint density at radius 2 is 1.96 bits per heavy atom. The van der Waals surface area contributed by atoms with E-state index in [1.807, 2.05) is 50.2 Å². The number of nitrogens with one attached hydrogen (secondary N) is 1. The Labute approximate surface area is 150 Å². The maximum absolute atomic E-state index is 12.9. The largest absolute Gasteiger partial charge is 0.463 e. The van der Waals surface area contributed by atoms with Crippen LogP contribution < -0.4 is 5.32 Å². The lowest BCUT2D eigenvalue weighted by atomic mass is 10.1. The summed E-state index contributed by atoms with van der Waals surface area (Å²) in [6.45, 7) is 4.05. The van der Waals surface area contributed by atoms with Crippen molar-refractivity contribution < 1.29 is 9.21 Å². The minimum Gasteiger partial charge on any atom is -0.463 e. The monoisotopic (exact) mass is 346 g/mol. The van der Waals surface area contributed by atoms with Gasteiger partial charge < -0.3 is 9.73 Å². The molecule has 6 heteroatoms. The lowest BCUT2D eigenvalue weighted by molar-refractivity contribution is 0.102. The SMILES string of the molecule is CC(C)n1ncc2c(C(=O)Nc3ccccc3)cc(-c3ccco3)nc21. The van der Waals surface area contributed by atoms with Crippen molar-refractivity contribution in [2.45, 2.75) is 19.9 Å². The Bertz CT molecular complexity index is 1050. The van der Waals surface area contributed by atoms with Gasteiger partial charge in [0.1, 0.15) is 5.69 Å². The summed E-state index contributed by atoms with van der Waals surface area (Å²) >= 11 is 0. The van der Waals surface area contributed by atoms with Gasteiger partial charge in [0.05, 0.1) is 23.4 Å². The predicted octanol–water partition coefficient (Wildman–Crippen LogP) is 4.52. The second-order valence-corrected chi connectivity index (χ2v) is 6.27. The lowest BCUT2D eigenvalue weighted by Crippen LogP contribution is -2.13. The number of carbonyl (C=O) groups excluding carboxylic acids is 1. The summed E-state index contributed by atoms with van der Waals surface area (Å²) in [4.78, 5) is 17.6. The fraction of sp³-hybridized carbons (Fsp3) is 0.150. The summed E-state index contributed by atoms with van der Waals surface area (Å²) in [5.74, 6) is 0.400. The first-order chi connectivity index (χ1) is 12.6. The molecule has 3 heterocycles. The minimum absolute atomic E-state index is 0.122. The molecular formula is C20H18N4O2. The van der Waals surface area contributed by atoms with E-state index in [1.54, 1.807) is 29.3 Å². The molecule has 4 rings (SSSR count). The summed E-state index contributed by atoms with van der Waals surface area (Å²) in [5.41, 5.74) is 2.51. The standard InChI is InChI=1S/C20H18N4O2/c1-13(2)24-19-16(12-21-24)15(11-17(23-19)18-9-6-10-26-18)20(25)22-14-7-4-3-5-8-14/h3-13H,1-2H3,(H,22,25). The van der Waals surface area contributed by atoms with Crippen molar-refractivity contribution in [2.75, 3.05) is 5.32 Å². The van der Waals surface area contributed by atoms with Gasteiger partial charge in [0.2, 0.25) is 0 Å². The van der Waals surface area contributed by atoms with Crippen molar-refractivity contribution in [3.8, 4) is 11.5 Å². The quantitative estimate of drug-likeness (QED) is 0.589. The van der Waals surface area contributed by atoms with Crippen LogP contribution in [0.15, 0.2) is 65.4 Å². The fourth-order valence-corrected chi connectivity index (χ4v) is 2.85. The van der Waals surface area contributed by atoms with E-state index in [0.717, 1.165) is 5.69 Å². The van der Waals surface area contributed by atoms with Crippen molar-refractivity contribution in [1.29, 1.82) is 0 Å². The Balaban J connectivity index is 1.85. The Morgan fingerprint density at radius 1 is 1.15 bits per heavy atom. The lowest BCUT2D eigenvalue weighted by Gasteiger charge is -2.10. The van der Waals surface area contributed by atoms with Gasteiger partial charge in [0.15, 0.2) is 11.4 Å². The zero-order valence-corrected chi connectivity index (χ0v) is 14.5. The van der Waals surface area contributed by atoms with Crippen molar-refractivity contribution in [3.05, 3.63) is 66.6 Å². The second-order valence-electron chi connectivity index (χ2n) is 6.27. The molecule has 0 saturated heterocycles. The van der Waals surface area contributed by atoms with Gasteiger partial charge in [-0.05, 0) is 44.2 Å². The molecule has 0 radical (unpaired) electrons. The molecule has 6 nitrogen and oxygen atoms in total. The Morgan fingerprint density at radius 3 is 2.65 bits per heavy atom. The first kappa shape index (κ1) is 16.1. The molecule has 0 aliphatic rings. The molecule has 0 aliphatic heterocycles. The molecule has 1 aromatic carbocycles. The average Bonchev–Trinajstić information content (AvgIpc) is 3.31. The fourth-order valence-electron chi connectivity index (χ4n) is 2.85. The highest BCUT2D eigenvalue weighted by Crippen LogP contribution is 2.27. The van der Waals surface area contributed by atoms with Crippen LogP contribution in [0.4, 0.5) is 5.69 Å². The van der Waals surface area contributed by atoms with Crippen LogP contribution in [0.25, 0.3) is 22.5 Å². The number of pyridine rings is 1. The molecule has 0 fully saturated rings. The molecule has 0 unspecified atom stereocenters. The van der Waals surface area contributed by atoms with Gasteiger partial charge in [-0.1, -0.05) is 18.2 Å². The van der Waals surface area contributed by atoms with Crippen molar-refractivity contribution in [2.24, 2.45) is 0 Å². The average molecular weight is 346 g/mol. The predicted molar refractivity (Wildman–Crippen MR) is 100 cm³/mol. The van der Waals surface area contributed by atoms with Crippen LogP contribution in [0.3, 0.4) is 0 Å². The normalized spacial score (nSPS) is 11.2. The van der Waals surface area contributed by atoms with Gasteiger partial charge in [-0.3, -0.25) is 4.79 Å². The molecule has 3 aromatic heterocycles. The van der Waals surface area contributed by atoms with Crippen LogP contribution in [0.1, 0.15) is 30.2 Å². The molecule has 0 aliphatic carbocycles. The molecule has 1 N–H and O–H groups in total. The van der Waals surface area contributed by atoms with E-state index in [1.165, 1.54) is 0 Å². The summed E-state index contributed by atoms with van der Waals surface area (Å²) in [5, 5.41) is 8.05. The van der Waals surface area contributed by atoms with E-state index in [0.29, 0.717) is 28.1 Å². The Kier molecular flexibility index (Phi) is 4.01. The summed E-state index contributed by atoms with van der Waals surface area (Å²) < 4.78 is 7.28. The molecule has 26 heavy (non-hydrogen) atoms. The summed E-state index contributed by atoms with van der Waals surface area (Å²) in [6, 6.07) is 14.8. The molecule has 4 aromatic rings. The second kappa shape index (κ2) is 6.48. The highest BCUT2D eigenvalue weighted by atomic mass is 16.3. The molecule has 0 bridgehead atoms. The number of nitrogens with zero attached hydrogens (tertiary/aromatic N) is 3. The molecule has 0 spiro atoms. The van der Waals surface area contributed by atoms with Crippen LogP contribution in [0.5, 0.6) is 0 Å². The molecule has 130 valence electrons.